The van der Waals surface area contributed by atoms with Crippen LogP contribution in [0.1, 0.15) is 43.5 Å². The monoisotopic (exact) mass is 345 g/mol. The number of nitrogens with zero attached hydrogens (tertiary/aromatic N) is 1. The van der Waals surface area contributed by atoms with Crippen LogP contribution in [0.5, 0.6) is 0 Å². The van der Waals surface area contributed by atoms with Crippen molar-refractivity contribution < 1.29 is 4.90 Å². The summed E-state index contributed by atoms with van der Waals surface area (Å²) in [6.07, 6.45) is 3.88. The third-order valence-electron chi connectivity index (χ3n) is 6.97. The first-order valence-corrected chi connectivity index (χ1v) is 10.2. The van der Waals surface area contributed by atoms with Gasteiger partial charge in [-0.2, -0.15) is 0 Å². The first-order valence-electron chi connectivity index (χ1n) is 10.2. The summed E-state index contributed by atoms with van der Waals surface area (Å²) in [6.45, 7) is 8.55. The maximum atomic E-state index is 2.65. The van der Waals surface area contributed by atoms with Crippen molar-refractivity contribution in [2.24, 2.45) is 5.92 Å². The second-order valence-corrected chi connectivity index (χ2v) is 8.70. The highest BCUT2D eigenvalue weighted by atomic mass is 15.2. The number of aromatic nitrogens is 1. The molecular formula is C24H29N2+. The Morgan fingerprint density at radius 2 is 1.85 bits per heavy atom. The predicted molar refractivity (Wildman–Crippen MR) is 108 cm³/mol. The van der Waals surface area contributed by atoms with E-state index in [1.54, 1.807) is 16.2 Å². The molecule has 26 heavy (non-hydrogen) atoms. The van der Waals surface area contributed by atoms with Gasteiger partial charge in [0, 0.05) is 36.2 Å². The average Bonchev–Trinajstić information content (AvgIpc) is 2.98. The van der Waals surface area contributed by atoms with E-state index in [9.17, 15) is 0 Å². The molecule has 0 bridgehead atoms. The van der Waals surface area contributed by atoms with Crippen LogP contribution in [0.2, 0.25) is 0 Å². The van der Waals surface area contributed by atoms with Crippen LogP contribution in [0.3, 0.4) is 0 Å². The van der Waals surface area contributed by atoms with Crippen LogP contribution in [-0.2, 0) is 18.5 Å². The highest BCUT2D eigenvalue weighted by Crippen LogP contribution is 2.39. The lowest BCUT2D eigenvalue weighted by Crippen LogP contribution is -3.21. The van der Waals surface area contributed by atoms with Gasteiger partial charge in [-0.3, -0.25) is 0 Å². The first kappa shape index (κ1) is 16.1. The topological polar surface area (TPSA) is 9.37 Å². The van der Waals surface area contributed by atoms with Crippen LogP contribution in [0.15, 0.2) is 54.6 Å². The quantitative estimate of drug-likeness (QED) is 0.724. The summed E-state index contributed by atoms with van der Waals surface area (Å²) in [5.41, 5.74) is 6.32. The lowest BCUT2D eigenvalue weighted by Gasteiger charge is -2.47. The summed E-state index contributed by atoms with van der Waals surface area (Å²) in [5, 5.41) is 1.48. The predicted octanol–water partition coefficient (Wildman–Crippen LogP) is 3.78. The number of quaternary nitrogens is 1. The van der Waals surface area contributed by atoms with Crippen LogP contribution in [0, 0.1) is 5.92 Å². The van der Waals surface area contributed by atoms with Gasteiger partial charge in [0.1, 0.15) is 5.54 Å². The molecule has 2 heteroatoms. The molecule has 0 saturated carbocycles. The number of nitrogens with one attached hydrogen (secondary N) is 1. The summed E-state index contributed by atoms with van der Waals surface area (Å²) in [7, 11) is 0. The van der Waals surface area contributed by atoms with Gasteiger partial charge >= 0.3 is 0 Å². The standard InChI is InChI=1S/C24H28N2/c1-18-12-14-24(2)23-21(13-15-25(24)16-18)20-10-6-7-11-22(20)26(23)17-19-8-4-3-5-9-19/h3-11,18H,12-17H2,1-2H3/p+1/t18-,24-/m0/s1. The summed E-state index contributed by atoms with van der Waals surface area (Å²) in [6, 6.07) is 20.0. The Kier molecular flexibility index (Phi) is 3.72. The number of para-hydroxylation sites is 1. The number of fused-ring (bicyclic) bond motifs is 5. The molecule has 1 saturated heterocycles. The third-order valence-corrected chi connectivity index (χ3v) is 6.97. The molecule has 1 unspecified atom stereocenters. The van der Waals surface area contributed by atoms with E-state index in [-0.39, 0.29) is 5.54 Å². The van der Waals surface area contributed by atoms with E-state index in [0.29, 0.717) is 0 Å². The van der Waals surface area contributed by atoms with Crippen LogP contribution >= 0.6 is 0 Å². The Hall–Kier alpha value is -2.06. The molecule has 2 aliphatic heterocycles. The van der Waals surface area contributed by atoms with Gasteiger partial charge in [0.2, 0.25) is 0 Å². The minimum atomic E-state index is 0.258. The molecule has 0 amide bonds. The molecule has 3 heterocycles. The molecule has 3 aromatic rings. The molecular weight excluding hydrogens is 316 g/mol. The summed E-state index contributed by atoms with van der Waals surface area (Å²) >= 11 is 0. The fourth-order valence-electron chi connectivity index (χ4n) is 5.59. The molecule has 2 aliphatic rings. The molecule has 134 valence electrons. The van der Waals surface area contributed by atoms with Gasteiger partial charge in [0.25, 0.3) is 0 Å². The van der Waals surface area contributed by atoms with Crippen molar-refractivity contribution in [3.63, 3.8) is 0 Å². The fraction of sp³-hybridized carbons (Fsp3) is 0.417. The van der Waals surface area contributed by atoms with Crippen molar-refractivity contribution in [3.05, 3.63) is 71.4 Å². The molecule has 1 aromatic heterocycles. The van der Waals surface area contributed by atoms with Crippen LogP contribution < -0.4 is 4.90 Å². The van der Waals surface area contributed by atoms with E-state index >= 15 is 0 Å². The number of piperidine rings is 1. The van der Waals surface area contributed by atoms with Crippen molar-refractivity contribution in [1.29, 1.82) is 0 Å². The summed E-state index contributed by atoms with van der Waals surface area (Å²) in [5.74, 6) is 0.853. The Bertz CT molecular complexity index is 940. The van der Waals surface area contributed by atoms with Gasteiger partial charge < -0.3 is 9.47 Å². The van der Waals surface area contributed by atoms with Gasteiger partial charge in [-0.05, 0) is 30.5 Å². The minimum Gasteiger partial charge on any atom is -0.334 e. The van der Waals surface area contributed by atoms with Crippen molar-refractivity contribution in [1.82, 2.24) is 4.57 Å². The van der Waals surface area contributed by atoms with E-state index in [1.165, 1.54) is 48.8 Å². The Morgan fingerprint density at radius 3 is 2.69 bits per heavy atom. The Morgan fingerprint density at radius 1 is 1.08 bits per heavy atom. The zero-order valence-electron chi connectivity index (χ0n) is 16.0. The number of hydrogen-bond acceptors (Lipinski definition) is 0. The Balaban J connectivity index is 1.72. The molecule has 0 spiro atoms. The SMILES string of the molecule is C[C@H]1CC[C@@]2(C)c3c(c4ccccc4n3Cc3ccccc3)CC[NH+]2C1. The van der Waals surface area contributed by atoms with E-state index in [1.807, 2.05) is 0 Å². The maximum absolute atomic E-state index is 2.65. The Labute approximate surface area is 156 Å². The van der Waals surface area contributed by atoms with E-state index in [2.05, 4.69) is 73.0 Å². The third kappa shape index (κ3) is 2.35. The van der Waals surface area contributed by atoms with Gasteiger partial charge in [-0.25, -0.2) is 0 Å². The average molecular weight is 346 g/mol. The van der Waals surface area contributed by atoms with Crippen molar-refractivity contribution >= 4 is 10.9 Å². The molecule has 5 rings (SSSR count). The normalized spacial score (nSPS) is 27.9. The smallest absolute Gasteiger partial charge is 0.136 e. The molecule has 2 aromatic carbocycles. The van der Waals surface area contributed by atoms with E-state index in [0.717, 1.165) is 12.5 Å². The second-order valence-electron chi connectivity index (χ2n) is 8.70. The largest absolute Gasteiger partial charge is 0.334 e. The second kappa shape index (κ2) is 5.99. The lowest BCUT2D eigenvalue weighted by atomic mass is 9.77. The highest BCUT2D eigenvalue weighted by Gasteiger charge is 2.48. The summed E-state index contributed by atoms with van der Waals surface area (Å²) in [4.78, 5) is 1.81. The van der Waals surface area contributed by atoms with Crippen molar-refractivity contribution in [2.45, 2.75) is 45.2 Å². The van der Waals surface area contributed by atoms with Gasteiger partial charge in [-0.1, -0.05) is 55.5 Å². The van der Waals surface area contributed by atoms with Crippen LogP contribution in [-0.4, -0.2) is 17.7 Å². The van der Waals surface area contributed by atoms with E-state index in [4.69, 9.17) is 0 Å². The molecule has 1 N–H and O–H groups in total. The number of benzene rings is 2. The highest BCUT2D eigenvalue weighted by molar-refractivity contribution is 5.86. The van der Waals surface area contributed by atoms with Crippen LogP contribution in [0.25, 0.3) is 10.9 Å². The van der Waals surface area contributed by atoms with Crippen LogP contribution in [0.4, 0.5) is 0 Å². The summed E-state index contributed by atoms with van der Waals surface area (Å²) < 4.78 is 2.65. The molecule has 2 nitrogen and oxygen atoms in total. The molecule has 0 radical (unpaired) electrons. The molecule has 1 fully saturated rings. The molecule has 3 atom stereocenters. The van der Waals surface area contributed by atoms with E-state index < -0.39 is 0 Å². The van der Waals surface area contributed by atoms with Gasteiger partial charge in [0.05, 0.1) is 18.8 Å². The molecule has 0 aliphatic carbocycles. The number of rotatable bonds is 2. The fourth-order valence-corrected chi connectivity index (χ4v) is 5.59. The zero-order valence-corrected chi connectivity index (χ0v) is 16.0. The minimum absolute atomic E-state index is 0.258. The first-order chi connectivity index (χ1) is 12.7. The zero-order chi connectivity index (χ0) is 17.7. The lowest BCUT2D eigenvalue weighted by molar-refractivity contribution is -0.970. The van der Waals surface area contributed by atoms with Crippen molar-refractivity contribution in [2.75, 3.05) is 13.1 Å². The number of hydrogen-bond donors (Lipinski definition) is 1. The van der Waals surface area contributed by atoms with Crippen molar-refractivity contribution in [3.8, 4) is 0 Å². The van der Waals surface area contributed by atoms with Gasteiger partial charge in [0.15, 0.2) is 0 Å². The maximum Gasteiger partial charge on any atom is 0.136 e. The van der Waals surface area contributed by atoms with Gasteiger partial charge in [-0.15, -0.1) is 0 Å².